The fourth-order valence-corrected chi connectivity index (χ4v) is 1.43. The van der Waals surface area contributed by atoms with E-state index in [0.29, 0.717) is 30.3 Å². The predicted molar refractivity (Wildman–Crippen MR) is 68.0 cm³/mol. The first kappa shape index (κ1) is 13.0. The lowest BCUT2D eigenvalue weighted by Crippen LogP contribution is -2.02. The smallest absolute Gasteiger partial charge is 0.153 e. The van der Waals surface area contributed by atoms with Crippen molar-refractivity contribution >= 4 is 6.29 Å². The highest BCUT2D eigenvalue weighted by Gasteiger charge is 2.11. The van der Waals surface area contributed by atoms with Crippen LogP contribution in [-0.4, -0.2) is 19.5 Å². The summed E-state index contributed by atoms with van der Waals surface area (Å²) in [5.41, 5.74) is 1.31. The van der Waals surface area contributed by atoms with Crippen LogP contribution in [0.25, 0.3) is 0 Å². The van der Waals surface area contributed by atoms with Crippen molar-refractivity contribution in [2.75, 3.05) is 13.2 Å². The van der Waals surface area contributed by atoms with E-state index < -0.39 is 0 Å². The van der Waals surface area contributed by atoms with Crippen LogP contribution in [0.15, 0.2) is 37.4 Å². The van der Waals surface area contributed by atoms with Crippen molar-refractivity contribution < 1.29 is 14.3 Å². The Hall–Kier alpha value is -2.03. The Morgan fingerprint density at radius 2 is 1.82 bits per heavy atom. The molecule has 3 heteroatoms. The average molecular weight is 232 g/mol. The van der Waals surface area contributed by atoms with Gasteiger partial charge >= 0.3 is 0 Å². The third kappa shape index (κ3) is 3.21. The van der Waals surface area contributed by atoms with Gasteiger partial charge in [0.15, 0.2) is 6.29 Å². The SMILES string of the molecule is C=CCOc1ccc(C=O)c(OCC=C)c1C. The van der Waals surface area contributed by atoms with Gasteiger partial charge in [0.2, 0.25) is 0 Å². The minimum Gasteiger partial charge on any atom is -0.489 e. The molecule has 1 rings (SSSR count). The summed E-state index contributed by atoms with van der Waals surface area (Å²) in [6.45, 7) is 9.78. The summed E-state index contributed by atoms with van der Waals surface area (Å²) >= 11 is 0. The lowest BCUT2D eigenvalue weighted by molar-refractivity contribution is 0.112. The Labute approximate surface area is 101 Å². The van der Waals surface area contributed by atoms with Gasteiger partial charge in [-0.3, -0.25) is 4.79 Å². The monoisotopic (exact) mass is 232 g/mol. The third-order valence-electron chi connectivity index (χ3n) is 2.22. The molecule has 1 aromatic carbocycles. The molecule has 90 valence electrons. The number of rotatable bonds is 7. The Morgan fingerprint density at radius 1 is 1.18 bits per heavy atom. The van der Waals surface area contributed by atoms with E-state index in [2.05, 4.69) is 13.2 Å². The molecule has 0 radical (unpaired) electrons. The van der Waals surface area contributed by atoms with Crippen molar-refractivity contribution in [2.45, 2.75) is 6.92 Å². The lowest BCUT2D eigenvalue weighted by Gasteiger charge is -2.14. The Balaban J connectivity index is 3.07. The van der Waals surface area contributed by atoms with Gasteiger partial charge in [0.25, 0.3) is 0 Å². The second-order valence-electron chi connectivity index (χ2n) is 3.42. The summed E-state index contributed by atoms with van der Waals surface area (Å²) in [5, 5.41) is 0. The van der Waals surface area contributed by atoms with E-state index in [-0.39, 0.29) is 0 Å². The third-order valence-corrected chi connectivity index (χ3v) is 2.22. The molecule has 17 heavy (non-hydrogen) atoms. The molecular formula is C14H16O3. The van der Waals surface area contributed by atoms with E-state index in [1.54, 1.807) is 24.3 Å². The van der Waals surface area contributed by atoms with E-state index in [9.17, 15) is 4.79 Å². The van der Waals surface area contributed by atoms with Gasteiger partial charge in [0.05, 0.1) is 5.56 Å². The largest absolute Gasteiger partial charge is 0.489 e. The highest BCUT2D eigenvalue weighted by atomic mass is 16.5. The molecule has 0 heterocycles. The molecule has 0 bridgehead atoms. The number of hydrogen-bond acceptors (Lipinski definition) is 3. The highest BCUT2D eigenvalue weighted by Crippen LogP contribution is 2.30. The molecule has 0 aliphatic heterocycles. The number of aldehydes is 1. The van der Waals surface area contributed by atoms with Crippen LogP contribution in [0.4, 0.5) is 0 Å². The molecule has 0 spiro atoms. The maximum absolute atomic E-state index is 10.9. The van der Waals surface area contributed by atoms with E-state index in [1.807, 2.05) is 6.92 Å². The normalized spacial score (nSPS) is 9.47. The number of benzene rings is 1. The van der Waals surface area contributed by atoms with Crippen LogP contribution in [-0.2, 0) is 0 Å². The molecule has 0 atom stereocenters. The van der Waals surface area contributed by atoms with Gasteiger partial charge in [-0.1, -0.05) is 25.3 Å². The minimum absolute atomic E-state index is 0.354. The Morgan fingerprint density at radius 3 is 2.41 bits per heavy atom. The maximum atomic E-state index is 10.9. The first-order chi connectivity index (χ1) is 8.24. The molecule has 0 saturated carbocycles. The molecule has 0 aliphatic rings. The summed E-state index contributed by atoms with van der Waals surface area (Å²) in [6.07, 6.45) is 4.06. The standard InChI is InChI=1S/C14H16O3/c1-4-8-16-13-7-6-12(10-15)14(11(13)3)17-9-5-2/h4-7,10H,1-2,8-9H2,3H3. The second kappa shape index (κ2) is 6.53. The molecule has 0 amide bonds. The van der Waals surface area contributed by atoms with Crippen molar-refractivity contribution in [1.82, 2.24) is 0 Å². The summed E-state index contributed by atoms with van der Waals surface area (Å²) in [5.74, 6) is 1.23. The number of hydrogen-bond donors (Lipinski definition) is 0. The number of carbonyl (C=O) groups is 1. The van der Waals surface area contributed by atoms with Gasteiger partial charge in [-0.2, -0.15) is 0 Å². The molecule has 0 fully saturated rings. The Kier molecular flexibility index (Phi) is 5.01. The van der Waals surface area contributed by atoms with E-state index in [1.165, 1.54) is 0 Å². The zero-order chi connectivity index (χ0) is 12.7. The van der Waals surface area contributed by atoms with Crippen molar-refractivity contribution in [2.24, 2.45) is 0 Å². The maximum Gasteiger partial charge on any atom is 0.153 e. The van der Waals surface area contributed by atoms with Crippen LogP contribution in [0.3, 0.4) is 0 Å². The van der Waals surface area contributed by atoms with Gasteiger partial charge in [-0.25, -0.2) is 0 Å². The quantitative estimate of drug-likeness (QED) is 0.535. The number of carbonyl (C=O) groups excluding carboxylic acids is 1. The second-order valence-corrected chi connectivity index (χ2v) is 3.42. The van der Waals surface area contributed by atoms with Crippen LogP contribution in [0.1, 0.15) is 15.9 Å². The van der Waals surface area contributed by atoms with E-state index in [0.717, 1.165) is 11.8 Å². The fourth-order valence-electron chi connectivity index (χ4n) is 1.43. The summed E-state index contributed by atoms with van der Waals surface area (Å²) in [7, 11) is 0. The van der Waals surface area contributed by atoms with Crippen LogP contribution >= 0.6 is 0 Å². The van der Waals surface area contributed by atoms with Gasteiger partial charge in [0.1, 0.15) is 24.7 Å². The lowest BCUT2D eigenvalue weighted by atomic mass is 10.1. The Bertz CT molecular complexity index is 422. The zero-order valence-electron chi connectivity index (χ0n) is 9.94. The molecular weight excluding hydrogens is 216 g/mol. The first-order valence-corrected chi connectivity index (χ1v) is 5.30. The summed E-state index contributed by atoms with van der Waals surface area (Å²) in [4.78, 5) is 10.9. The van der Waals surface area contributed by atoms with Crippen molar-refractivity contribution in [3.8, 4) is 11.5 Å². The van der Waals surface area contributed by atoms with Crippen molar-refractivity contribution in [3.63, 3.8) is 0 Å². The summed E-state index contributed by atoms with van der Waals surface area (Å²) < 4.78 is 10.9. The van der Waals surface area contributed by atoms with Gasteiger partial charge in [-0.15, -0.1) is 0 Å². The molecule has 1 aromatic rings. The van der Waals surface area contributed by atoms with Crippen molar-refractivity contribution in [1.29, 1.82) is 0 Å². The van der Waals surface area contributed by atoms with Crippen LogP contribution < -0.4 is 9.47 Å². The number of ether oxygens (including phenoxy) is 2. The minimum atomic E-state index is 0.354. The topological polar surface area (TPSA) is 35.5 Å². The van der Waals surface area contributed by atoms with Gasteiger partial charge in [-0.05, 0) is 19.1 Å². The molecule has 0 N–H and O–H groups in total. The molecule has 3 nitrogen and oxygen atoms in total. The van der Waals surface area contributed by atoms with Gasteiger partial charge in [0, 0.05) is 5.56 Å². The summed E-state index contributed by atoms with van der Waals surface area (Å²) in [6, 6.07) is 3.43. The van der Waals surface area contributed by atoms with Gasteiger partial charge < -0.3 is 9.47 Å². The van der Waals surface area contributed by atoms with E-state index >= 15 is 0 Å². The molecule has 0 unspecified atom stereocenters. The zero-order valence-corrected chi connectivity index (χ0v) is 9.94. The molecule has 0 saturated heterocycles. The van der Waals surface area contributed by atoms with Crippen LogP contribution in [0.2, 0.25) is 0 Å². The van der Waals surface area contributed by atoms with Crippen molar-refractivity contribution in [3.05, 3.63) is 48.6 Å². The molecule has 0 aromatic heterocycles. The molecule has 0 aliphatic carbocycles. The highest BCUT2D eigenvalue weighted by molar-refractivity contribution is 5.81. The fraction of sp³-hybridized carbons (Fsp3) is 0.214. The predicted octanol–water partition coefficient (Wildman–Crippen LogP) is 2.94. The first-order valence-electron chi connectivity index (χ1n) is 5.30. The van der Waals surface area contributed by atoms with E-state index in [4.69, 9.17) is 9.47 Å². The average Bonchev–Trinajstić information content (AvgIpc) is 2.35. The van der Waals surface area contributed by atoms with Crippen LogP contribution in [0, 0.1) is 6.92 Å². The van der Waals surface area contributed by atoms with Crippen LogP contribution in [0.5, 0.6) is 11.5 Å².